The first-order valence-corrected chi connectivity index (χ1v) is 8.07. The molecule has 4 nitrogen and oxygen atoms in total. The van der Waals surface area contributed by atoms with Crippen LogP contribution in [-0.2, 0) is 16.2 Å². The van der Waals surface area contributed by atoms with Crippen LogP contribution in [0.5, 0.6) is 0 Å². The maximum absolute atomic E-state index is 12.7. The van der Waals surface area contributed by atoms with E-state index >= 15 is 0 Å². The average Bonchev–Trinajstić information content (AvgIpc) is 2.36. The Bertz CT molecular complexity index is 591. The first-order chi connectivity index (χ1) is 9.61. The first-order valence-electron chi connectivity index (χ1n) is 6.21. The lowest BCUT2D eigenvalue weighted by atomic mass is 10.2. The number of rotatable bonds is 6. The fraction of sp³-hybridized carbons (Fsp3) is 0.500. The molecule has 1 aromatic carbocycles. The predicted octanol–water partition coefficient (Wildman–Crippen LogP) is 2.76. The van der Waals surface area contributed by atoms with Gasteiger partial charge in [0.2, 0.25) is 10.0 Å². The number of benzene rings is 1. The minimum absolute atomic E-state index is 0.0453. The molecule has 0 aliphatic heterocycles. The van der Waals surface area contributed by atoms with Crippen molar-refractivity contribution in [1.29, 1.82) is 0 Å². The molecule has 9 heteroatoms. The van der Waals surface area contributed by atoms with Crippen LogP contribution in [0.2, 0.25) is 5.02 Å². The van der Waals surface area contributed by atoms with Crippen molar-refractivity contribution in [2.75, 3.05) is 6.54 Å². The standard InChI is InChI=1S/C12H16ClF3N2O2S/c1-2-3-9(7-17)18-21(19,20)11-6-8(12(14,15)16)4-5-10(11)13/h4-6,9,18H,2-3,7,17H2,1H3. The summed E-state index contributed by atoms with van der Waals surface area (Å²) in [6, 6.07) is 1.61. The van der Waals surface area contributed by atoms with E-state index in [2.05, 4.69) is 4.72 Å². The zero-order valence-electron chi connectivity index (χ0n) is 11.2. The number of nitrogens with two attached hydrogens (primary N) is 1. The second-order valence-corrected chi connectivity index (χ2v) is 6.58. The van der Waals surface area contributed by atoms with Crippen molar-refractivity contribution in [3.8, 4) is 0 Å². The van der Waals surface area contributed by atoms with Crippen LogP contribution in [0, 0.1) is 0 Å². The van der Waals surface area contributed by atoms with E-state index in [1.54, 1.807) is 0 Å². The van der Waals surface area contributed by atoms with Crippen molar-refractivity contribution in [2.24, 2.45) is 5.73 Å². The molecule has 1 atom stereocenters. The van der Waals surface area contributed by atoms with Crippen LogP contribution in [0.4, 0.5) is 13.2 Å². The molecule has 1 aromatic rings. The van der Waals surface area contributed by atoms with Gasteiger partial charge in [-0.15, -0.1) is 0 Å². The monoisotopic (exact) mass is 344 g/mol. The van der Waals surface area contributed by atoms with Gasteiger partial charge in [-0.05, 0) is 24.6 Å². The van der Waals surface area contributed by atoms with Gasteiger partial charge in [0.15, 0.2) is 0 Å². The number of hydrogen-bond donors (Lipinski definition) is 2. The van der Waals surface area contributed by atoms with Gasteiger partial charge < -0.3 is 5.73 Å². The lowest BCUT2D eigenvalue weighted by molar-refractivity contribution is -0.137. The number of halogens is 4. The van der Waals surface area contributed by atoms with Gasteiger partial charge in [-0.2, -0.15) is 13.2 Å². The summed E-state index contributed by atoms with van der Waals surface area (Å²) < 4.78 is 64.6. The van der Waals surface area contributed by atoms with Gasteiger partial charge in [-0.3, -0.25) is 0 Å². The molecular weight excluding hydrogens is 329 g/mol. The van der Waals surface area contributed by atoms with Crippen molar-refractivity contribution in [1.82, 2.24) is 4.72 Å². The van der Waals surface area contributed by atoms with E-state index in [4.69, 9.17) is 17.3 Å². The highest BCUT2D eigenvalue weighted by Crippen LogP contribution is 2.33. The van der Waals surface area contributed by atoms with Crippen molar-refractivity contribution in [3.63, 3.8) is 0 Å². The van der Waals surface area contributed by atoms with Crippen LogP contribution < -0.4 is 10.5 Å². The van der Waals surface area contributed by atoms with Gasteiger partial charge in [0.05, 0.1) is 10.6 Å². The Morgan fingerprint density at radius 1 is 1.38 bits per heavy atom. The molecule has 0 aliphatic rings. The molecule has 0 radical (unpaired) electrons. The van der Waals surface area contributed by atoms with E-state index in [1.165, 1.54) is 0 Å². The minimum Gasteiger partial charge on any atom is -0.329 e. The summed E-state index contributed by atoms with van der Waals surface area (Å²) >= 11 is 5.72. The number of nitrogens with one attached hydrogen (secondary N) is 1. The van der Waals surface area contributed by atoms with E-state index in [1.807, 2.05) is 6.92 Å². The largest absolute Gasteiger partial charge is 0.416 e. The Morgan fingerprint density at radius 2 is 2.00 bits per heavy atom. The molecule has 0 saturated heterocycles. The summed E-state index contributed by atoms with van der Waals surface area (Å²) in [5.41, 5.74) is 4.36. The maximum Gasteiger partial charge on any atom is 0.416 e. The fourth-order valence-electron chi connectivity index (χ4n) is 1.74. The molecule has 0 saturated carbocycles. The fourth-order valence-corrected chi connectivity index (χ4v) is 3.55. The van der Waals surface area contributed by atoms with E-state index in [0.29, 0.717) is 18.9 Å². The van der Waals surface area contributed by atoms with E-state index < -0.39 is 32.7 Å². The molecule has 3 N–H and O–H groups in total. The first kappa shape index (κ1) is 18.2. The van der Waals surface area contributed by atoms with Gasteiger partial charge in [-0.1, -0.05) is 24.9 Å². The lowest BCUT2D eigenvalue weighted by Crippen LogP contribution is -2.40. The number of alkyl halides is 3. The molecule has 0 spiro atoms. The number of sulfonamides is 1. The highest BCUT2D eigenvalue weighted by atomic mass is 35.5. The highest BCUT2D eigenvalue weighted by Gasteiger charge is 2.33. The summed E-state index contributed by atoms with van der Waals surface area (Å²) in [5.74, 6) is 0. The Labute approximate surface area is 126 Å². The third-order valence-corrected chi connectivity index (χ3v) is 4.79. The molecule has 0 heterocycles. The topological polar surface area (TPSA) is 72.2 Å². The number of hydrogen-bond acceptors (Lipinski definition) is 3. The van der Waals surface area contributed by atoms with Gasteiger partial charge >= 0.3 is 6.18 Å². The Balaban J connectivity index is 3.19. The molecule has 21 heavy (non-hydrogen) atoms. The molecule has 0 fully saturated rings. The Hall–Kier alpha value is -0.830. The molecule has 0 aliphatic carbocycles. The maximum atomic E-state index is 12.7. The van der Waals surface area contributed by atoms with Crippen LogP contribution in [0.1, 0.15) is 25.3 Å². The summed E-state index contributed by atoms with van der Waals surface area (Å²) in [5, 5.41) is -0.275. The second kappa shape index (κ2) is 6.95. The molecule has 1 unspecified atom stereocenters. The van der Waals surface area contributed by atoms with Crippen LogP contribution >= 0.6 is 11.6 Å². The van der Waals surface area contributed by atoms with Crippen LogP contribution in [0.15, 0.2) is 23.1 Å². The molecule has 1 rings (SSSR count). The third kappa shape index (κ3) is 4.84. The SMILES string of the molecule is CCCC(CN)NS(=O)(=O)c1cc(C(F)(F)F)ccc1Cl. The molecule has 0 amide bonds. The van der Waals surface area contributed by atoms with Gasteiger partial charge in [0.1, 0.15) is 4.90 Å². The molecule has 0 aromatic heterocycles. The average molecular weight is 345 g/mol. The Kier molecular flexibility index (Phi) is 6.03. The third-order valence-electron chi connectivity index (χ3n) is 2.79. The smallest absolute Gasteiger partial charge is 0.329 e. The van der Waals surface area contributed by atoms with Crippen molar-refractivity contribution < 1.29 is 21.6 Å². The second-order valence-electron chi connectivity index (χ2n) is 4.49. The van der Waals surface area contributed by atoms with E-state index in [-0.39, 0.29) is 11.6 Å². The highest BCUT2D eigenvalue weighted by molar-refractivity contribution is 7.89. The molecular formula is C12H16ClF3N2O2S. The van der Waals surface area contributed by atoms with Crippen molar-refractivity contribution in [2.45, 2.75) is 36.9 Å². The Morgan fingerprint density at radius 3 is 2.48 bits per heavy atom. The summed E-state index contributed by atoms with van der Waals surface area (Å²) in [7, 11) is -4.17. The zero-order valence-corrected chi connectivity index (χ0v) is 12.8. The summed E-state index contributed by atoms with van der Waals surface area (Å²) in [4.78, 5) is -0.603. The normalized spacial score (nSPS) is 14.2. The van der Waals surface area contributed by atoms with E-state index in [0.717, 1.165) is 12.1 Å². The van der Waals surface area contributed by atoms with Crippen molar-refractivity contribution >= 4 is 21.6 Å². The summed E-state index contributed by atoms with van der Waals surface area (Å²) in [6.07, 6.45) is -3.49. The van der Waals surface area contributed by atoms with E-state index in [9.17, 15) is 21.6 Å². The van der Waals surface area contributed by atoms with Gasteiger partial charge in [0.25, 0.3) is 0 Å². The summed E-state index contributed by atoms with van der Waals surface area (Å²) in [6.45, 7) is 1.89. The van der Waals surface area contributed by atoms with Gasteiger partial charge in [0, 0.05) is 12.6 Å². The van der Waals surface area contributed by atoms with Gasteiger partial charge in [-0.25, -0.2) is 13.1 Å². The lowest BCUT2D eigenvalue weighted by Gasteiger charge is -2.17. The molecule has 0 bridgehead atoms. The minimum atomic E-state index is -4.65. The van der Waals surface area contributed by atoms with Crippen LogP contribution in [0.3, 0.4) is 0 Å². The zero-order chi connectivity index (χ0) is 16.3. The quantitative estimate of drug-likeness (QED) is 0.833. The predicted molar refractivity (Wildman–Crippen MR) is 74.5 cm³/mol. The van der Waals surface area contributed by atoms with Crippen LogP contribution in [0.25, 0.3) is 0 Å². The molecule has 120 valence electrons. The van der Waals surface area contributed by atoms with Crippen LogP contribution in [-0.4, -0.2) is 21.0 Å². The van der Waals surface area contributed by atoms with Crippen molar-refractivity contribution in [3.05, 3.63) is 28.8 Å².